The van der Waals surface area contributed by atoms with Crippen molar-refractivity contribution in [1.29, 1.82) is 0 Å². The second-order valence-corrected chi connectivity index (χ2v) is 6.01. The van der Waals surface area contributed by atoms with Gasteiger partial charge in [-0.1, -0.05) is 0 Å². The average molecular weight is 297 g/mol. The Morgan fingerprint density at radius 1 is 1.53 bits per heavy atom. The van der Waals surface area contributed by atoms with Crippen LogP contribution >= 0.6 is 38.6 Å². The van der Waals surface area contributed by atoms with Crippen LogP contribution in [0.15, 0.2) is 27.5 Å². The van der Waals surface area contributed by atoms with Gasteiger partial charge in [-0.25, -0.2) is 4.85 Å². The van der Waals surface area contributed by atoms with E-state index in [0.29, 0.717) is 5.70 Å². The molecule has 0 atom stereocenters. The molecular weight excluding hydrogens is 292 g/mol. The van der Waals surface area contributed by atoms with E-state index in [0.717, 1.165) is 13.7 Å². The summed E-state index contributed by atoms with van der Waals surface area (Å²) in [6.45, 7) is 7.11. The van der Waals surface area contributed by atoms with Gasteiger partial charge in [0.25, 0.3) is 0 Å². The molecule has 0 aliphatic carbocycles. The van der Waals surface area contributed by atoms with Crippen molar-refractivity contribution < 1.29 is 0 Å². The van der Waals surface area contributed by atoms with Crippen LogP contribution in [0.25, 0.3) is 16.6 Å². The Hall–Kier alpha value is -0.960. The molecular formula is C10H5BrN2S2. The normalized spacial score (nSPS) is 11.3. The van der Waals surface area contributed by atoms with Crippen LogP contribution < -0.4 is 0 Å². The third kappa shape index (κ3) is 2.53. The van der Waals surface area contributed by atoms with Gasteiger partial charge in [0.05, 0.1) is 10.4 Å². The van der Waals surface area contributed by atoms with E-state index in [1.807, 2.05) is 23.6 Å². The molecule has 74 valence electrons. The van der Waals surface area contributed by atoms with Crippen molar-refractivity contribution >= 4 is 50.4 Å². The number of nitrogens with zero attached hydrogens (tertiary/aromatic N) is 2. The fraction of sp³-hybridized carbons (Fsp3) is 0. The van der Waals surface area contributed by atoms with E-state index >= 15 is 0 Å². The molecule has 0 aliphatic rings. The van der Waals surface area contributed by atoms with Crippen LogP contribution in [0.5, 0.6) is 0 Å². The first-order valence-electron chi connectivity index (χ1n) is 4.04. The summed E-state index contributed by atoms with van der Waals surface area (Å²) < 4.78 is 1.07. The average Bonchev–Trinajstić information content (AvgIpc) is 2.85. The van der Waals surface area contributed by atoms with Gasteiger partial charge in [-0.15, -0.1) is 22.7 Å². The first kappa shape index (κ1) is 10.6. The zero-order valence-corrected chi connectivity index (χ0v) is 10.7. The molecule has 2 heterocycles. The van der Waals surface area contributed by atoms with Gasteiger partial charge in [-0.2, -0.15) is 0 Å². The molecule has 0 saturated carbocycles. The van der Waals surface area contributed by atoms with Crippen LogP contribution in [0, 0.1) is 6.57 Å². The molecule has 2 nitrogen and oxygen atoms in total. The maximum absolute atomic E-state index is 7.11. The number of hydrogen-bond donors (Lipinski definition) is 0. The van der Waals surface area contributed by atoms with Crippen LogP contribution in [0.3, 0.4) is 0 Å². The Morgan fingerprint density at radius 2 is 2.40 bits per heavy atom. The summed E-state index contributed by atoms with van der Waals surface area (Å²) in [6.07, 6.45) is 3.57. The minimum absolute atomic E-state index is 0.597. The number of hydrogen-bond acceptors (Lipinski definition) is 3. The Bertz CT molecular complexity index is 520. The highest BCUT2D eigenvalue weighted by Crippen LogP contribution is 2.27. The number of halogens is 1. The summed E-state index contributed by atoms with van der Waals surface area (Å²) >= 11 is 6.48. The minimum Gasteiger partial charge on any atom is -0.257 e. The van der Waals surface area contributed by atoms with Crippen molar-refractivity contribution in [3.63, 3.8) is 0 Å². The summed E-state index contributed by atoms with van der Waals surface area (Å²) in [5, 5.41) is 2.65. The fourth-order valence-corrected chi connectivity index (χ4v) is 2.99. The zero-order valence-electron chi connectivity index (χ0n) is 7.48. The Kier molecular flexibility index (Phi) is 3.31. The fourth-order valence-electron chi connectivity index (χ4n) is 1.03. The Morgan fingerprint density at radius 3 is 2.93 bits per heavy atom. The maximum atomic E-state index is 7.11. The molecule has 0 bridgehead atoms. The smallest absolute Gasteiger partial charge is 0.223 e. The second kappa shape index (κ2) is 4.71. The summed E-state index contributed by atoms with van der Waals surface area (Å²) in [5.41, 5.74) is 0.597. The van der Waals surface area contributed by atoms with Crippen LogP contribution in [-0.2, 0) is 0 Å². The van der Waals surface area contributed by atoms with Gasteiger partial charge in [0, 0.05) is 16.5 Å². The molecule has 2 aromatic heterocycles. The summed E-state index contributed by atoms with van der Waals surface area (Å²) in [4.78, 5) is 8.66. The lowest BCUT2D eigenvalue weighted by molar-refractivity contribution is 1.38. The standard InChI is InChI=1S/C10H5BrN2S2/c1-12-8(10-13-4-5-14-10)6-7-2-3-9(11)15-7/h2-6H/b8-6-. The molecule has 2 aromatic rings. The van der Waals surface area contributed by atoms with Gasteiger partial charge < -0.3 is 0 Å². The highest BCUT2D eigenvalue weighted by atomic mass is 79.9. The van der Waals surface area contributed by atoms with E-state index in [4.69, 9.17) is 6.57 Å². The first-order chi connectivity index (χ1) is 7.29. The molecule has 0 spiro atoms. The van der Waals surface area contributed by atoms with Gasteiger partial charge in [0.1, 0.15) is 5.01 Å². The van der Waals surface area contributed by atoms with Gasteiger partial charge in [-0.05, 0) is 34.1 Å². The molecule has 0 N–H and O–H groups in total. The van der Waals surface area contributed by atoms with Gasteiger partial charge in [-0.3, -0.25) is 4.98 Å². The lowest BCUT2D eigenvalue weighted by Gasteiger charge is -1.90. The molecule has 2 rings (SSSR count). The SMILES string of the molecule is [C-]#[N+]/C(=C\c1ccc(Br)s1)c1nccs1. The van der Waals surface area contributed by atoms with E-state index in [9.17, 15) is 0 Å². The van der Waals surface area contributed by atoms with Crippen molar-refractivity contribution in [2.75, 3.05) is 0 Å². The maximum Gasteiger partial charge on any atom is 0.223 e. The van der Waals surface area contributed by atoms with Crippen LogP contribution in [0.2, 0.25) is 0 Å². The van der Waals surface area contributed by atoms with Gasteiger partial charge in [0.2, 0.25) is 5.70 Å². The Labute approximate surface area is 104 Å². The van der Waals surface area contributed by atoms with Crippen molar-refractivity contribution in [3.05, 3.63) is 48.8 Å². The van der Waals surface area contributed by atoms with Crippen molar-refractivity contribution in [2.24, 2.45) is 0 Å². The largest absolute Gasteiger partial charge is 0.257 e. The molecule has 15 heavy (non-hydrogen) atoms. The summed E-state index contributed by atoms with van der Waals surface area (Å²) in [7, 11) is 0. The van der Waals surface area contributed by atoms with Crippen LogP contribution in [0.4, 0.5) is 0 Å². The number of aromatic nitrogens is 1. The monoisotopic (exact) mass is 296 g/mol. The molecule has 0 unspecified atom stereocenters. The molecule has 0 amide bonds. The number of thiophene rings is 1. The third-order valence-corrected chi connectivity index (χ3v) is 4.01. The van der Waals surface area contributed by atoms with Crippen LogP contribution in [0.1, 0.15) is 9.88 Å². The predicted octanol–water partition coefficient (Wildman–Crippen LogP) is 4.38. The zero-order chi connectivity index (χ0) is 10.7. The highest BCUT2D eigenvalue weighted by molar-refractivity contribution is 9.11. The van der Waals surface area contributed by atoms with Gasteiger partial charge in [0.15, 0.2) is 0 Å². The number of rotatable bonds is 2. The van der Waals surface area contributed by atoms with Crippen LogP contribution in [-0.4, -0.2) is 4.98 Å². The van der Waals surface area contributed by atoms with E-state index < -0.39 is 0 Å². The lowest BCUT2D eigenvalue weighted by atomic mass is 10.3. The van der Waals surface area contributed by atoms with E-state index in [1.165, 1.54) is 11.3 Å². The van der Waals surface area contributed by atoms with Gasteiger partial charge >= 0.3 is 0 Å². The molecule has 0 fully saturated rings. The molecule has 0 aromatic carbocycles. The highest BCUT2D eigenvalue weighted by Gasteiger charge is 2.04. The summed E-state index contributed by atoms with van der Waals surface area (Å²) in [5.74, 6) is 0. The molecule has 5 heteroatoms. The van der Waals surface area contributed by atoms with E-state index in [1.54, 1.807) is 17.5 Å². The minimum atomic E-state index is 0.597. The molecule has 0 aliphatic heterocycles. The Balaban J connectivity index is 2.36. The summed E-state index contributed by atoms with van der Waals surface area (Å²) in [6, 6.07) is 3.95. The second-order valence-electron chi connectivity index (χ2n) is 2.62. The topological polar surface area (TPSA) is 17.2 Å². The van der Waals surface area contributed by atoms with Crippen molar-refractivity contribution in [1.82, 2.24) is 4.98 Å². The van der Waals surface area contributed by atoms with Crippen molar-refractivity contribution in [3.8, 4) is 0 Å². The molecule has 0 saturated heterocycles. The molecule has 0 radical (unpaired) electrons. The quantitative estimate of drug-likeness (QED) is 0.752. The predicted molar refractivity (Wildman–Crippen MR) is 68.6 cm³/mol. The van der Waals surface area contributed by atoms with E-state index in [-0.39, 0.29) is 0 Å². The van der Waals surface area contributed by atoms with Crippen molar-refractivity contribution in [2.45, 2.75) is 0 Å². The third-order valence-electron chi connectivity index (χ3n) is 1.64. The number of thiazole rings is 1. The van der Waals surface area contributed by atoms with E-state index in [2.05, 4.69) is 25.8 Å². The lowest BCUT2D eigenvalue weighted by Crippen LogP contribution is -1.74. The first-order valence-corrected chi connectivity index (χ1v) is 6.53.